The van der Waals surface area contributed by atoms with Crippen molar-refractivity contribution in [2.75, 3.05) is 5.32 Å². The number of phenols is 1. The minimum absolute atomic E-state index is 0.148. The molecule has 0 fully saturated rings. The monoisotopic (exact) mass is 352 g/mol. The average Bonchev–Trinajstić information content (AvgIpc) is 2.51. The van der Waals surface area contributed by atoms with Gasteiger partial charge in [0.15, 0.2) is 0 Å². The van der Waals surface area contributed by atoms with Crippen molar-refractivity contribution in [3.05, 3.63) is 57.6 Å². The third kappa shape index (κ3) is 4.61. The molecule has 0 bridgehead atoms. The Morgan fingerprint density at radius 1 is 1.30 bits per heavy atom. The summed E-state index contributed by atoms with van der Waals surface area (Å²) in [6.07, 6.45) is 0. The summed E-state index contributed by atoms with van der Waals surface area (Å²) in [7, 11) is 0. The van der Waals surface area contributed by atoms with E-state index in [0.717, 1.165) is 4.90 Å². The highest BCUT2D eigenvalue weighted by atomic mass is 35.5. The molecule has 0 heterocycles. The molecule has 8 heteroatoms. The molecule has 0 aliphatic heterocycles. The van der Waals surface area contributed by atoms with Gasteiger partial charge in [0.05, 0.1) is 20.9 Å². The van der Waals surface area contributed by atoms with Crippen LogP contribution in [0, 0.1) is 10.1 Å². The van der Waals surface area contributed by atoms with Crippen molar-refractivity contribution in [1.29, 1.82) is 0 Å². The lowest BCUT2D eigenvalue weighted by molar-refractivity contribution is -0.384. The van der Waals surface area contributed by atoms with Crippen molar-refractivity contribution in [3.63, 3.8) is 0 Å². The summed E-state index contributed by atoms with van der Waals surface area (Å²) in [6, 6.07) is 10.3. The molecule has 2 rings (SSSR count). The molecule has 0 aliphatic carbocycles. The van der Waals surface area contributed by atoms with Crippen LogP contribution in [-0.2, 0) is 4.79 Å². The molecular formula is C15H13ClN2O4S. The molecule has 6 nitrogen and oxygen atoms in total. The van der Waals surface area contributed by atoms with Crippen LogP contribution in [-0.4, -0.2) is 21.2 Å². The van der Waals surface area contributed by atoms with E-state index in [1.54, 1.807) is 19.1 Å². The Hall–Kier alpha value is -2.25. The smallest absolute Gasteiger partial charge is 0.271 e. The zero-order valence-electron chi connectivity index (χ0n) is 12.0. The number of amides is 1. The van der Waals surface area contributed by atoms with Gasteiger partial charge in [-0.1, -0.05) is 11.6 Å². The molecule has 2 N–H and O–H groups in total. The second kappa shape index (κ2) is 7.34. The van der Waals surface area contributed by atoms with E-state index < -0.39 is 10.2 Å². The molecule has 0 radical (unpaired) electrons. The van der Waals surface area contributed by atoms with Crippen molar-refractivity contribution < 1.29 is 14.8 Å². The van der Waals surface area contributed by atoms with E-state index >= 15 is 0 Å². The predicted molar refractivity (Wildman–Crippen MR) is 90.2 cm³/mol. The van der Waals surface area contributed by atoms with Crippen molar-refractivity contribution >= 4 is 40.6 Å². The highest BCUT2D eigenvalue weighted by Crippen LogP contribution is 2.29. The van der Waals surface area contributed by atoms with Crippen molar-refractivity contribution in [3.8, 4) is 5.75 Å². The number of aromatic hydroxyl groups is 1. The maximum Gasteiger partial charge on any atom is 0.271 e. The van der Waals surface area contributed by atoms with Crippen LogP contribution >= 0.6 is 23.4 Å². The van der Waals surface area contributed by atoms with E-state index in [2.05, 4.69) is 5.32 Å². The zero-order chi connectivity index (χ0) is 17.0. The van der Waals surface area contributed by atoms with Crippen LogP contribution in [0.4, 0.5) is 11.4 Å². The number of anilines is 1. The molecule has 1 atom stereocenters. The van der Waals surface area contributed by atoms with Gasteiger partial charge in [0.1, 0.15) is 5.75 Å². The van der Waals surface area contributed by atoms with Crippen LogP contribution in [0.5, 0.6) is 5.75 Å². The Kier molecular flexibility index (Phi) is 5.46. The maximum atomic E-state index is 12.2. The Bertz CT molecular complexity index is 737. The van der Waals surface area contributed by atoms with Crippen LogP contribution in [0.3, 0.4) is 0 Å². The van der Waals surface area contributed by atoms with Gasteiger partial charge in [-0.25, -0.2) is 0 Å². The van der Waals surface area contributed by atoms with Gasteiger partial charge in [-0.2, -0.15) is 0 Å². The minimum atomic E-state index is -0.555. The first-order valence-corrected chi connectivity index (χ1v) is 7.83. The summed E-state index contributed by atoms with van der Waals surface area (Å²) in [6.45, 7) is 1.71. The summed E-state index contributed by atoms with van der Waals surface area (Å²) in [5, 5.41) is 22.4. The Balaban J connectivity index is 2.07. The third-order valence-corrected chi connectivity index (χ3v) is 4.38. The Morgan fingerprint density at radius 2 is 1.96 bits per heavy atom. The fourth-order valence-corrected chi connectivity index (χ4v) is 2.77. The van der Waals surface area contributed by atoms with Crippen molar-refractivity contribution in [1.82, 2.24) is 0 Å². The SMILES string of the molecule is C[C@@H](Sc1ccc(O)cc1)C(=O)Nc1cc([N+](=O)[O-])ccc1Cl. The normalized spacial score (nSPS) is 11.7. The molecule has 0 saturated carbocycles. The van der Waals surface area contributed by atoms with Crippen LogP contribution in [0.2, 0.25) is 5.02 Å². The van der Waals surface area contributed by atoms with E-state index in [0.29, 0.717) is 0 Å². The maximum absolute atomic E-state index is 12.2. The number of hydrogen-bond acceptors (Lipinski definition) is 5. The fraction of sp³-hybridized carbons (Fsp3) is 0.133. The number of carbonyl (C=O) groups is 1. The zero-order valence-corrected chi connectivity index (χ0v) is 13.6. The first-order chi connectivity index (χ1) is 10.9. The third-order valence-electron chi connectivity index (χ3n) is 2.94. The van der Waals surface area contributed by atoms with Crippen LogP contribution in [0.15, 0.2) is 47.4 Å². The number of hydrogen-bond donors (Lipinski definition) is 2. The van der Waals surface area contributed by atoms with Crippen LogP contribution in [0.1, 0.15) is 6.92 Å². The first-order valence-electron chi connectivity index (χ1n) is 6.57. The van der Waals surface area contributed by atoms with E-state index in [1.165, 1.54) is 42.1 Å². The highest BCUT2D eigenvalue weighted by Gasteiger charge is 2.17. The number of thioether (sulfide) groups is 1. The first kappa shape index (κ1) is 17.1. The summed E-state index contributed by atoms with van der Waals surface area (Å²) >= 11 is 7.25. The van der Waals surface area contributed by atoms with Gasteiger partial charge in [0.25, 0.3) is 5.69 Å². The van der Waals surface area contributed by atoms with Gasteiger partial charge in [0.2, 0.25) is 5.91 Å². The number of phenolic OH excluding ortho intramolecular Hbond substituents is 1. The lowest BCUT2D eigenvalue weighted by Gasteiger charge is -2.13. The fourth-order valence-electron chi connectivity index (χ4n) is 1.74. The summed E-state index contributed by atoms with van der Waals surface area (Å²) in [4.78, 5) is 23.2. The number of carbonyl (C=O) groups excluding carboxylic acids is 1. The summed E-state index contributed by atoms with van der Waals surface area (Å²) in [5.74, 6) is -0.180. The number of benzene rings is 2. The molecule has 1 amide bonds. The number of nitro benzene ring substituents is 1. The largest absolute Gasteiger partial charge is 0.508 e. The van der Waals surface area contributed by atoms with Crippen LogP contribution < -0.4 is 5.32 Å². The average molecular weight is 353 g/mol. The van der Waals surface area contributed by atoms with Gasteiger partial charge in [-0.05, 0) is 37.3 Å². The van der Waals surface area contributed by atoms with E-state index in [1.807, 2.05) is 0 Å². The number of non-ortho nitro benzene ring substituents is 1. The number of nitrogens with one attached hydrogen (secondary N) is 1. The molecule has 0 aliphatic rings. The lowest BCUT2D eigenvalue weighted by atomic mass is 10.2. The second-order valence-electron chi connectivity index (χ2n) is 4.66. The number of nitrogens with zero attached hydrogens (tertiary/aromatic N) is 1. The quantitative estimate of drug-likeness (QED) is 0.480. The van der Waals surface area contributed by atoms with Gasteiger partial charge in [-0.15, -0.1) is 11.8 Å². The van der Waals surface area contributed by atoms with Gasteiger partial charge in [-0.3, -0.25) is 14.9 Å². The van der Waals surface area contributed by atoms with Crippen molar-refractivity contribution in [2.45, 2.75) is 17.1 Å². The molecule has 120 valence electrons. The van der Waals surface area contributed by atoms with E-state index in [9.17, 15) is 20.0 Å². The molecule has 0 unspecified atom stereocenters. The molecule has 2 aromatic carbocycles. The molecule has 2 aromatic rings. The summed E-state index contributed by atoms with van der Waals surface area (Å²) in [5.41, 5.74) is 0.0487. The Morgan fingerprint density at radius 3 is 2.57 bits per heavy atom. The summed E-state index contributed by atoms with van der Waals surface area (Å²) < 4.78 is 0. The van der Waals surface area contributed by atoms with Gasteiger partial charge >= 0.3 is 0 Å². The topological polar surface area (TPSA) is 92.5 Å². The number of halogens is 1. The van der Waals surface area contributed by atoms with E-state index in [-0.39, 0.29) is 28.1 Å². The highest BCUT2D eigenvalue weighted by molar-refractivity contribution is 8.00. The number of rotatable bonds is 5. The van der Waals surface area contributed by atoms with Gasteiger partial charge in [0, 0.05) is 17.0 Å². The predicted octanol–water partition coefficient (Wildman–Crippen LogP) is 4.07. The second-order valence-corrected chi connectivity index (χ2v) is 6.49. The standard InChI is InChI=1S/C15H13ClN2O4S/c1-9(23-12-5-3-11(19)4-6-12)15(20)17-14-8-10(18(21)22)2-7-13(14)16/h2-9,19H,1H3,(H,17,20)/t9-/m1/s1. The minimum Gasteiger partial charge on any atom is -0.508 e. The van der Waals surface area contributed by atoms with Gasteiger partial charge < -0.3 is 10.4 Å². The van der Waals surface area contributed by atoms with E-state index in [4.69, 9.17) is 11.6 Å². The molecule has 23 heavy (non-hydrogen) atoms. The Labute approximate surface area is 141 Å². The molecular weight excluding hydrogens is 340 g/mol. The molecule has 0 saturated heterocycles. The molecule has 0 spiro atoms. The van der Waals surface area contributed by atoms with Crippen molar-refractivity contribution in [2.24, 2.45) is 0 Å². The lowest BCUT2D eigenvalue weighted by Crippen LogP contribution is -2.22. The molecule has 0 aromatic heterocycles. The van der Waals surface area contributed by atoms with Crippen LogP contribution in [0.25, 0.3) is 0 Å². The number of nitro groups is 1.